The Labute approximate surface area is 169 Å². The van der Waals surface area contributed by atoms with Crippen molar-refractivity contribution in [2.24, 2.45) is 0 Å². The van der Waals surface area contributed by atoms with Crippen LogP contribution in [0.5, 0.6) is 17.2 Å². The quantitative estimate of drug-likeness (QED) is 0.792. The highest BCUT2D eigenvalue weighted by atomic mass is 32.2. The zero-order valence-corrected chi connectivity index (χ0v) is 16.7. The summed E-state index contributed by atoms with van der Waals surface area (Å²) in [6, 6.07) is 14.1. The fourth-order valence-electron chi connectivity index (χ4n) is 3.25. The molecule has 2 atom stereocenters. The van der Waals surface area contributed by atoms with Gasteiger partial charge in [0.25, 0.3) is 5.91 Å². The summed E-state index contributed by atoms with van der Waals surface area (Å²) >= 11 is 0. The molecule has 2 aromatic rings. The van der Waals surface area contributed by atoms with Crippen molar-refractivity contribution in [2.75, 3.05) is 29.8 Å². The number of carbonyl (C=O) groups excluding carboxylic acids is 1. The summed E-state index contributed by atoms with van der Waals surface area (Å²) in [5.41, 5.74) is 0.444. The van der Waals surface area contributed by atoms with E-state index in [1.54, 1.807) is 37.3 Å². The van der Waals surface area contributed by atoms with Gasteiger partial charge in [-0.15, -0.1) is 0 Å². The largest absolute Gasteiger partial charge is 0.486 e. The summed E-state index contributed by atoms with van der Waals surface area (Å²) in [6.07, 6.45) is -1.30. The van der Waals surface area contributed by atoms with Crippen molar-refractivity contribution >= 4 is 21.6 Å². The molecule has 0 saturated carbocycles. The topological polar surface area (TPSA) is 94.2 Å². The van der Waals surface area contributed by atoms with Crippen molar-refractivity contribution in [3.8, 4) is 17.2 Å². The normalized spacial score (nSPS) is 20.4. The van der Waals surface area contributed by atoms with Gasteiger partial charge in [-0.3, -0.25) is 9.10 Å². The monoisotopic (exact) mass is 418 g/mol. The number of para-hydroxylation sites is 4. The van der Waals surface area contributed by atoms with Gasteiger partial charge in [0, 0.05) is 0 Å². The van der Waals surface area contributed by atoms with Crippen molar-refractivity contribution in [3.05, 3.63) is 48.5 Å². The molecule has 2 aliphatic rings. The number of rotatable bonds is 5. The van der Waals surface area contributed by atoms with Crippen molar-refractivity contribution in [1.29, 1.82) is 0 Å². The number of carbonyl (C=O) groups is 1. The van der Waals surface area contributed by atoms with Crippen molar-refractivity contribution in [2.45, 2.75) is 19.1 Å². The zero-order valence-electron chi connectivity index (χ0n) is 15.9. The van der Waals surface area contributed by atoms with Gasteiger partial charge >= 0.3 is 0 Å². The maximum Gasteiger partial charge on any atom is 0.263 e. The molecule has 2 heterocycles. The first kappa shape index (κ1) is 19.4. The third kappa shape index (κ3) is 3.95. The third-order valence-electron chi connectivity index (χ3n) is 4.80. The summed E-state index contributed by atoms with van der Waals surface area (Å²) in [5.74, 6) is 1.19. The van der Waals surface area contributed by atoms with E-state index in [0.29, 0.717) is 29.5 Å². The fraction of sp³-hybridized carbons (Fsp3) is 0.350. The second-order valence-electron chi connectivity index (χ2n) is 6.75. The number of sulfonamides is 1. The minimum Gasteiger partial charge on any atom is -0.486 e. The predicted octanol–water partition coefficient (Wildman–Crippen LogP) is 1.56. The molecule has 0 spiro atoms. The number of hydrogen-bond acceptors (Lipinski definition) is 6. The fourth-order valence-corrected chi connectivity index (χ4v) is 4.37. The average Bonchev–Trinajstić information content (AvgIpc) is 2.76. The number of nitrogens with zero attached hydrogens (tertiary/aromatic N) is 1. The van der Waals surface area contributed by atoms with E-state index >= 15 is 0 Å². The first-order valence-corrected chi connectivity index (χ1v) is 11.0. The van der Waals surface area contributed by atoms with Gasteiger partial charge in [-0.1, -0.05) is 24.3 Å². The van der Waals surface area contributed by atoms with Crippen LogP contribution < -0.4 is 23.8 Å². The number of amides is 1. The summed E-state index contributed by atoms with van der Waals surface area (Å²) in [5, 5.41) is 2.78. The smallest absolute Gasteiger partial charge is 0.263 e. The molecule has 29 heavy (non-hydrogen) atoms. The Morgan fingerprint density at radius 1 is 1.07 bits per heavy atom. The highest BCUT2D eigenvalue weighted by Gasteiger charge is 2.36. The van der Waals surface area contributed by atoms with Gasteiger partial charge in [-0.25, -0.2) is 8.42 Å². The maximum atomic E-state index is 12.7. The van der Waals surface area contributed by atoms with Crippen LogP contribution in [0.15, 0.2) is 48.5 Å². The second kappa shape index (κ2) is 7.82. The number of fused-ring (bicyclic) bond motifs is 2. The first-order valence-electron chi connectivity index (χ1n) is 9.40. The van der Waals surface area contributed by atoms with E-state index in [9.17, 15) is 13.2 Å². The lowest BCUT2D eigenvalue weighted by atomic mass is 10.2. The van der Waals surface area contributed by atoms with Crippen LogP contribution in [0.1, 0.15) is 6.92 Å². The molecule has 0 fully saturated rings. The van der Waals surface area contributed by atoms with Crippen LogP contribution in [0.2, 0.25) is 0 Å². The molecular formula is C20H22N2O6S. The molecule has 0 unspecified atom stereocenters. The SMILES string of the molecule is CCS(=O)(=O)N1C[C@H](C(=O)NC[C@H]2COc3ccccc3O2)Oc2ccccc21. The van der Waals surface area contributed by atoms with E-state index in [4.69, 9.17) is 14.2 Å². The number of hydrogen-bond donors (Lipinski definition) is 1. The van der Waals surface area contributed by atoms with E-state index in [2.05, 4.69) is 5.32 Å². The van der Waals surface area contributed by atoms with Gasteiger partial charge in [0.15, 0.2) is 17.6 Å². The van der Waals surface area contributed by atoms with E-state index < -0.39 is 22.0 Å². The molecule has 0 aliphatic carbocycles. The van der Waals surface area contributed by atoms with E-state index in [1.165, 1.54) is 4.31 Å². The Morgan fingerprint density at radius 3 is 2.52 bits per heavy atom. The Balaban J connectivity index is 1.43. The van der Waals surface area contributed by atoms with Crippen LogP contribution in [0, 0.1) is 0 Å². The first-order chi connectivity index (χ1) is 14.0. The zero-order chi connectivity index (χ0) is 20.4. The summed E-state index contributed by atoms with van der Waals surface area (Å²) in [4.78, 5) is 12.7. The molecule has 9 heteroatoms. The van der Waals surface area contributed by atoms with E-state index in [1.807, 2.05) is 18.2 Å². The molecule has 1 N–H and O–H groups in total. The lowest BCUT2D eigenvalue weighted by molar-refractivity contribution is -0.128. The number of ether oxygens (including phenoxy) is 3. The highest BCUT2D eigenvalue weighted by Crippen LogP contribution is 2.35. The van der Waals surface area contributed by atoms with Gasteiger partial charge < -0.3 is 19.5 Å². The molecule has 4 rings (SSSR count). The molecule has 0 saturated heterocycles. The molecule has 0 aromatic heterocycles. The molecule has 8 nitrogen and oxygen atoms in total. The van der Waals surface area contributed by atoms with Crippen LogP contribution in [-0.4, -0.2) is 52.0 Å². The molecule has 154 valence electrons. The van der Waals surface area contributed by atoms with Crippen LogP contribution >= 0.6 is 0 Å². The lowest BCUT2D eigenvalue weighted by Gasteiger charge is -2.34. The minimum absolute atomic E-state index is 0.0671. The lowest BCUT2D eigenvalue weighted by Crippen LogP contribution is -2.52. The van der Waals surface area contributed by atoms with Crippen LogP contribution in [0.3, 0.4) is 0 Å². The predicted molar refractivity (Wildman–Crippen MR) is 107 cm³/mol. The van der Waals surface area contributed by atoms with E-state index in [0.717, 1.165) is 0 Å². The van der Waals surface area contributed by atoms with Gasteiger partial charge in [0.1, 0.15) is 18.5 Å². The van der Waals surface area contributed by atoms with Crippen LogP contribution in [0.4, 0.5) is 5.69 Å². The van der Waals surface area contributed by atoms with Gasteiger partial charge in [-0.05, 0) is 31.2 Å². The number of nitrogens with one attached hydrogen (secondary N) is 1. The standard InChI is InChI=1S/C20H22N2O6S/c1-2-29(24,25)22-12-19(28-16-8-4-3-7-15(16)22)20(23)21-11-14-13-26-17-9-5-6-10-18(17)27-14/h3-10,14,19H,2,11-13H2,1H3,(H,21,23)/t14-,19+/m0/s1. The number of anilines is 1. The Kier molecular flexibility index (Phi) is 5.23. The van der Waals surface area contributed by atoms with Crippen molar-refractivity contribution < 1.29 is 27.4 Å². The van der Waals surface area contributed by atoms with Crippen LogP contribution in [0.25, 0.3) is 0 Å². The Bertz CT molecular complexity index is 1010. The minimum atomic E-state index is -3.54. The molecular weight excluding hydrogens is 396 g/mol. The number of benzene rings is 2. The third-order valence-corrected chi connectivity index (χ3v) is 6.55. The summed E-state index contributed by atoms with van der Waals surface area (Å²) in [7, 11) is -3.54. The Hall–Kier alpha value is -2.94. The summed E-state index contributed by atoms with van der Waals surface area (Å²) < 4.78 is 43.5. The van der Waals surface area contributed by atoms with Crippen molar-refractivity contribution in [3.63, 3.8) is 0 Å². The molecule has 0 bridgehead atoms. The second-order valence-corrected chi connectivity index (χ2v) is 8.93. The molecule has 0 radical (unpaired) electrons. The Morgan fingerprint density at radius 2 is 1.76 bits per heavy atom. The highest BCUT2D eigenvalue weighted by molar-refractivity contribution is 7.92. The van der Waals surface area contributed by atoms with Gasteiger partial charge in [0.05, 0.1) is 24.5 Å². The van der Waals surface area contributed by atoms with E-state index in [-0.39, 0.29) is 24.9 Å². The summed E-state index contributed by atoms with van der Waals surface area (Å²) in [6.45, 7) is 2.02. The average molecular weight is 418 g/mol. The molecule has 1 amide bonds. The van der Waals surface area contributed by atoms with Gasteiger partial charge in [0.2, 0.25) is 10.0 Å². The maximum absolute atomic E-state index is 12.7. The molecule has 2 aliphatic heterocycles. The molecule has 2 aromatic carbocycles. The van der Waals surface area contributed by atoms with Crippen LogP contribution in [-0.2, 0) is 14.8 Å². The van der Waals surface area contributed by atoms with Crippen molar-refractivity contribution in [1.82, 2.24) is 5.32 Å². The van der Waals surface area contributed by atoms with Gasteiger partial charge in [-0.2, -0.15) is 0 Å².